The lowest BCUT2D eigenvalue weighted by Gasteiger charge is -2.09. The summed E-state index contributed by atoms with van der Waals surface area (Å²) in [5, 5.41) is 11.1. The number of aromatic nitrogens is 2. The summed E-state index contributed by atoms with van der Waals surface area (Å²) >= 11 is 1.35. The van der Waals surface area contributed by atoms with Crippen LogP contribution in [0.1, 0.15) is 5.56 Å². The molecule has 1 aromatic heterocycles. The Morgan fingerprint density at radius 3 is 2.50 bits per heavy atom. The number of alkyl halides is 3. The highest BCUT2D eigenvalue weighted by atomic mass is 32.1. The molecular formula is C10H8F3N3OS. The molecule has 4 nitrogen and oxygen atoms in total. The van der Waals surface area contributed by atoms with Gasteiger partial charge < -0.3 is 10.1 Å². The predicted octanol–water partition coefficient (Wildman–Crippen LogP) is 3.05. The van der Waals surface area contributed by atoms with Crippen molar-refractivity contribution in [3.8, 4) is 5.75 Å². The Kier molecular flexibility index (Phi) is 3.66. The molecule has 2 aromatic rings. The lowest BCUT2D eigenvalue weighted by Crippen LogP contribution is -2.17. The summed E-state index contributed by atoms with van der Waals surface area (Å²) < 4.78 is 39.5. The van der Waals surface area contributed by atoms with Crippen LogP contribution in [-0.2, 0) is 6.54 Å². The van der Waals surface area contributed by atoms with Gasteiger partial charge in [-0.1, -0.05) is 23.5 Å². The minimum absolute atomic E-state index is 0.234. The summed E-state index contributed by atoms with van der Waals surface area (Å²) in [6, 6.07) is 5.64. The topological polar surface area (TPSA) is 47.0 Å². The molecule has 0 saturated carbocycles. The average molecular weight is 275 g/mol. The molecular weight excluding hydrogens is 267 g/mol. The first-order valence-corrected chi connectivity index (χ1v) is 5.75. The lowest BCUT2D eigenvalue weighted by atomic mass is 10.2. The van der Waals surface area contributed by atoms with Crippen molar-refractivity contribution in [3.05, 3.63) is 35.3 Å². The zero-order valence-electron chi connectivity index (χ0n) is 8.94. The number of nitrogens with one attached hydrogen (secondary N) is 1. The Morgan fingerprint density at radius 2 is 1.94 bits per heavy atom. The third kappa shape index (κ3) is 3.88. The summed E-state index contributed by atoms with van der Waals surface area (Å²) in [6.45, 7) is 0.460. The van der Waals surface area contributed by atoms with Gasteiger partial charge in [0.25, 0.3) is 0 Å². The summed E-state index contributed by atoms with van der Waals surface area (Å²) in [6.07, 6.45) is -4.66. The van der Waals surface area contributed by atoms with Crippen molar-refractivity contribution >= 4 is 16.5 Å². The Balaban J connectivity index is 1.91. The van der Waals surface area contributed by atoms with Gasteiger partial charge in [0.15, 0.2) is 0 Å². The van der Waals surface area contributed by atoms with Gasteiger partial charge in [-0.25, -0.2) is 0 Å². The molecule has 0 amide bonds. The molecule has 0 aliphatic heterocycles. The second-order valence-electron chi connectivity index (χ2n) is 3.29. The Bertz CT molecular complexity index is 484. The summed E-state index contributed by atoms with van der Waals surface area (Å²) in [4.78, 5) is 0. The van der Waals surface area contributed by atoms with E-state index >= 15 is 0 Å². The average Bonchev–Trinajstić information content (AvgIpc) is 2.79. The van der Waals surface area contributed by atoms with E-state index in [4.69, 9.17) is 0 Å². The molecule has 96 valence electrons. The van der Waals surface area contributed by atoms with Gasteiger partial charge in [-0.15, -0.1) is 23.4 Å². The quantitative estimate of drug-likeness (QED) is 0.931. The van der Waals surface area contributed by atoms with Crippen molar-refractivity contribution in [2.75, 3.05) is 5.32 Å². The number of hydrogen-bond donors (Lipinski definition) is 1. The number of halogens is 3. The monoisotopic (exact) mass is 275 g/mol. The van der Waals surface area contributed by atoms with Crippen molar-refractivity contribution in [2.45, 2.75) is 12.9 Å². The molecule has 0 spiro atoms. The van der Waals surface area contributed by atoms with Crippen LogP contribution >= 0.6 is 11.3 Å². The molecule has 8 heteroatoms. The lowest BCUT2D eigenvalue weighted by molar-refractivity contribution is -0.274. The maximum atomic E-state index is 11.9. The number of anilines is 1. The summed E-state index contributed by atoms with van der Waals surface area (Å²) in [5.74, 6) is -0.234. The first-order chi connectivity index (χ1) is 8.53. The number of benzene rings is 1. The van der Waals surface area contributed by atoms with E-state index in [-0.39, 0.29) is 5.75 Å². The van der Waals surface area contributed by atoms with Gasteiger partial charge in [0.1, 0.15) is 11.3 Å². The molecule has 0 fully saturated rings. The highest BCUT2D eigenvalue weighted by Crippen LogP contribution is 2.23. The Morgan fingerprint density at radius 1 is 1.22 bits per heavy atom. The Hall–Kier alpha value is -1.83. The highest BCUT2D eigenvalue weighted by molar-refractivity contribution is 7.13. The van der Waals surface area contributed by atoms with E-state index in [1.54, 1.807) is 17.6 Å². The molecule has 1 N–H and O–H groups in total. The number of rotatable bonds is 4. The molecule has 1 aromatic carbocycles. The van der Waals surface area contributed by atoms with Crippen LogP contribution in [0, 0.1) is 0 Å². The van der Waals surface area contributed by atoms with Crippen LogP contribution in [0.15, 0.2) is 29.8 Å². The molecule has 0 bridgehead atoms. The predicted molar refractivity (Wildman–Crippen MR) is 60.4 cm³/mol. The van der Waals surface area contributed by atoms with Crippen LogP contribution < -0.4 is 10.1 Å². The minimum Gasteiger partial charge on any atom is -0.406 e. The van der Waals surface area contributed by atoms with Crippen LogP contribution in [0.3, 0.4) is 0 Å². The van der Waals surface area contributed by atoms with Gasteiger partial charge in [0.2, 0.25) is 5.13 Å². The molecule has 0 unspecified atom stereocenters. The van der Waals surface area contributed by atoms with Crippen molar-refractivity contribution in [3.63, 3.8) is 0 Å². The number of ether oxygens (including phenoxy) is 1. The van der Waals surface area contributed by atoms with Crippen LogP contribution in [0.25, 0.3) is 0 Å². The smallest absolute Gasteiger partial charge is 0.406 e. The van der Waals surface area contributed by atoms with Crippen molar-refractivity contribution < 1.29 is 17.9 Å². The summed E-state index contributed by atoms with van der Waals surface area (Å²) in [7, 11) is 0. The van der Waals surface area contributed by atoms with Crippen LogP contribution in [0.2, 0.25) is 0 Å². The molecule has 18 heavy (non-hydrogen) atoms. The molecule has 0 atom stereocenters. The Labute approximate surface area is 104 Å². The zero-order chi connectivity index (χ0) is 13.0. The van der Waals surface area contributed by atoms with Gasteiger partial charge in [-0.3, -0.25) is 0 Å². The van der Waals surface area contributed by atoms with Crippen LogP contribution in [-0.4, -0.2) is 16.6 Å². The maximum absolute atomic E-state index is 11.9. The fourth-order valence-corrected chi connectivity index (χ4v) is 1.68. The van der Waals surface area contributed by atoms with Gasteiger partial charge in [0.05, 0.1) is 0 Å². The standard InChI is InChI=1S/C10H8F3N3OS/c11-10(12,13)17-8-3-1-7(2-4-8)5-14-9-16-15-6-18-9/h1-4,6H,5H2,(H,14,16). The van der Waals surface area contributed by atoms with E-state index in [9.17, 15) is 13.2 Å². The molecule has 1 heterocycles. The fourth-order valence-electron chi connectivity index (χ4n) is 1.24. The van der Waals surface area contributed by atoms with Gasteiger partial charge in [-0.05, 0) is 17.7 Å². The molecule has 0 aliphatic carbocycles. The highest BCUT2D eigenvalue weighted by Gasteiger charge is 2.30. The number of hydrogen-bond acceptors (Lipinski definition) is 5. The minimum atomic E-state index is -4.66. The van der Waals surface area contributed by atoms with E-state index in [1.807, 2.05) is 0 Å². The van der Waals surface area contributed by atoms with E-state index in [0.29, 0.717) is 11.7 Å². The normalized spacial score (nSPS) is 11.3. The van der Waals surface area contributed by atoms with E-state index in [1.165, 1.54) is 23.5 Å². The van der Waals surface area contributed by atoms with E-state index in [2.05, 4.69) is 20.3 Å². The van der Waals surface area contributed by atoms with Crippen LogP contribution in [0.5, 0.6) is 5.75 Å². The second-order valence-corrected chi connectivity index (χ2v) is 4.12. The van der Waals surface area contributed by atoms with Crippen LogP contribution in [0.4, 0.5) is 18.3 Å². The molecule has 0 radical (unpaired) electrons. The first-order valence-electron chi connectivity index (χ1n) is 4.88. The first kappa shape index (κ1) is 12.6. The van der Waals surface area contributed by atoms with E-state index in [0.717, 1.165) is 5.56 Å². The molecule has 0 aliphatic rings. The van der Waals surface area contributed by atoms with E-state index < -0.39 is 6.36 Å². The third-order valence-corrected chi connectivity index (χ3v) is 2.61. The van der Waals surface area contributed by atoms with Gasteiger partial charge >= 0.3 is 6.36 Å². The second kappa shape index (κ2) is 5.21. The molecule has 2 rings (SSSR count). The van der Waals surface area contributed by atoms with Crippen molar-refractivity contribution in [1.29, 1.82) is 0 Å². The van der Waals surface area contributed by atoms with Gasteiger partial charge in [0, 0.05) is 6.54 Å². The maximum Gasteiger partial charge on any atom is 0.573 e. The van der Waals surface area contributed by atoms with Crippen molar-refractivity contribution in [1.82, 2.24) is 10.2 Å². The fraction of sp³-hybridized carbons (Fsp3) is 0.200. The van der Waals surface area contributed by atoms with Gasteiger partial charge in [-0.2, -0.15) is 0 Å². The van der Waals surface area contributed by atoms with Crippen molar-refractivity contribution in [2.24, 2.45) is 0 Å². The number of nitrogens with zero attached hydrogens (tertiary/aromatic N) is 2. The summed E-state index contributed by atoms with van der Waals surface area (Å²) in [5.41, 5.74) is 2.41. The SMILES string of the molecule is FC(F)(F)Oc1ccc(CNc2nncs2)cc1. The molecule has 0 saturated heterocycles. The largest absolute Gasteiger partial charge is 0.573 e. The third-order valence-electron chi connectivity index (χ3n) is 1.96. The zero-order valence-corrected chi connectivity index (χ0v) is 9.76.